The first-order chi connectivity index (χ1) is 4.81. The van der Waals surface area contributed by atoms with Crippen molar-refractivity contribution < 1.29 is 4.39 Å². The maximum atomic E-state index is 11.8. The normalized spacial score (nSPS) is 7.10. The molecule has 0 aliphatic heterocycles. The first-order valence-electron chi connectivity index (χ1n) is 2.40. The number of hydrogen-bond donors (Lipinski definition) is 0. The Kier molecular flexibility index (Phi) is 8.55. The second kappa shape index (κ2) is 7.91. The van der Waals surface area contributed by atoms with Crippen LogP contribution in [0.3, 0.4) is 0 Å². The summed E-state index contributed by atoms with van der Waals surface area (Å²) >= 11 is 6.44. The highest BCUT2D eigenvalue weighted by Crippen LogP contribution is 1.87. The number of pyridine rings is 1. The van der Waals surface area contributed by atoms with Gasteiger partial charge in [0.2, 0.25) is 0 Å². The van der Waals surface area contributed by atoms with Crippen LogP contribution >= 0.6 is 25.8 Å². The fraction of sp³-hybridized carbons (Fsp3) is 0. The highest BCUT2D eigenvalue weighted by Gasteiger charge is 1.79. The van der Waals surface area contributed by atoms with E-state index in [0.717, 1.165) is 6.20 Å². The van der Waals surface area contributed by atoms with Gasteiger partial charge in [0.05, 0.1) is 12.4 Å². The molecule has 0 saturated carbocycles. The highest BCUT2D eigenvalue weighted by atomic mass is 79.9. The second-order valence-electron chi connectivity index (χ2n) is 1.21. The van der Waals surface area contributed by atoms with Gasteiger partial charge in [-0.15, -0.1) is 0 Å². The molecule has 1 aromatic heterocycles. The van der Waals surface area contributed by atoms with Crippen LogP contribution in [0.25, 0.3) is 0 Å². The quantitative estimate of drug-likeness (QED) is 0.665. The number of aromatic nitrogens is 1. The molecule has 1 rings (SSSR count). The average Bonchev–Trinajstić information content (AvgIpc) is 1.91. The largest absolute Gasteiger partial charge is 0.560 e. The zero-order chi connectivity index (χ0) is 7.82. The lowest BCUT2D eigenvalue weighted by Crippen LogP contribution is -1.71. The molecule has 1 radical (unpaired) electrons. The minimum absolute atomic E-state index is 0.0417. The molecule has 1 aromatic rings. The van der Waals surface area contributed by atoms with E-state index in [0.29, 0.717) is 0 Å². The topological polar surface area (TPSA) is 12.9 Å². The third-order valence-electron chi connectivity index (χ3n) is 0.580. The standard InChI is InChI=1S/C5H3FN.2BrH.Mg/c6-5-2-1-3-7-4-5;;;/h1-2,4H;2*1H;/q;;;+2/p-2. The third kappa shape index (κ3) is 6.92. The molecule has 0 atom stereocenters. The van der Waals surface area contributed by atoms with Gasteiger partial charge in [-0.2, -0.15) is 0 Å². The van der Waals surface area contributed by atoms with Crippen molar-refractivity contribution in [1.82, 2.24) is 4.98 Å². The Hall–Kier alpha value is 0.806. The van der Waals surface area contributed by atoms with E-state index in [1.54, 1.807) is 0 Å². The van der Waals surface area contributed by atoms with Gasteiger partial charge >= 0.3 is 16.0 Å². The van der Waals surface area contributed by atoms with Gasteiger partial charge in [0.25, 0.3) is 0 Å². The van der Waals surface area contributed by atoms with Gasteiger partial charge in [-0.25, -0.2) is 4.39 Å². The molecule has 0 unspecified atom stereocenters. The van der Waals surface area contributed by atoms with Gasteiger partial charge < -0.3 is 0 Å². The first-order valence-corrected chi connectivity index (χ1v) is 10.2. The second-order valence-corrected chi connectivity index (χ2v) is 9.29. The highest BCUT2D eigenvalue weighted by molar-refractivity contribution is 9.47. The Morgan fingerprint density at radius 2 is 2.20 bits per heavy atom. The molecule has 0 aliphatic rings. The van der Waals surface area contributed by atoms with E-state index in [-0.39, 0.29) is 21.8 Å². The Morgan fingerprint density at radius 3 is 2.40 bits per heavy atom. The summed E-state index contributed by atoms with van der Waals surface area (Å²) in [6.07, 6.45) is 3.55. The molecule has 1 nitrogen and oxygen atoms in total. The lowest BCUT2D eigenvalue weighted by molar-refractivity contribution is 0.621. The molecule has 5 heteroatoms. The van der Waals surface area contributed by atoms with Gasteiger partial charge in [-0.3, -0.25) is 30.8 Å². The van der Waals surface area contributed by atoms with E-state index in [9.17, 15) is 4.39 Å². The van der Waals surface area contributed by atoms with Gasteiger partial charge in [-0.1, -0.05) is 0 Å². The van der Waals surface area contributed by atoms with Gasteiger partial charge in [0, 0.05) is 0 Å². The van der Waals surface area contributed by atoms with Crippen molar-refractivity contribution in [3.05, 3.63) is 30.3 Å². The summed E-state index contributed by atoms with van der Waals surface area (Å²) < 4.78 is 11.8. The molecule has 0 fully saturated rings. The minimum Gasteiger partial charge on any atom is -0.280 e. The van der Waals surface area contributed by atoms with E-state index >= 15 is 0 Å². The maximum absolute atomic E-state index is 11.8. The smallest absolute Gasteiger partial charge is 0.280 e. The molecule has 0 N–H and O–H groups in total. The van der Waals surface area contributed by atoms with Crippen molar-refractivity contribution in [2.45, 2.75) is 0 Å². The molecule has 0 aliphatic carbocycles. The molecule has 0 saturated heterocycles. The fourth-order valence-corrected chi connectivity index (χ4v) is 0.302. The third-order valence-corrected chi connectivity index (χ3v) is 0.580. The zero-order valence-electron chi connectivity index (χ0n) is 5.02. The van der Waals surface area contributed by atoms with Crippen molar-refractivity contribution in [3.63, 3.8) is 0 Å². The molecule has 10 heavy (non-hydrogen) atoms. The lowest BCUT2D eigenvalue weighted by Gasteiger charge is -1.77. The van der Waals surface area contributed by atoms with Crippen molar-refractivity contribution in [1.29, 1.82) is 0 Å². The summed E-state index contributed by atoms with van der Waals surface area (Å²) in [5, 5.41) is 0. The van der Waals surface area contributed by atoms with Crippen molar-refractivity contribution in [2.24, 2.45) is 0 Å². The molecule has 0 amide bonds. The summed E-state index contributed by atoms with van der Waals surface area (Å²) in [6.45, 7) is 0. The Labute approximate surface area is 80.9 Å². The summed E-state index contributed by atoms with van der Waals surface area (Å²) in [7, 11) is 0. The number of halogens is 3. The monoisotopic (exact) mass is 278 g/mol. The van der Waals surface area contributed by atoms with Crippen LogP contribution in [0.2, 0.25) is 0 Å². The molecular formula is C5H3Br2FMgN. The molecular weight excluding hydrogens is 277 g/mol. The Morgan fingerprint density at radius 1 is 1.60 bits per heavy atom. The average molecular weight is 280 g/mol. The van der Waals surface area contributed by atoms with Gasteiger partial charge in [0.15, 0.2) is 0 Å². The zero-order valence-corrected chi connectivity index (χ0v) is 9.61. The Balaban J connectivity index is 0.000000236. The van der Waals surface area contributed by atoms with Crippen molar-refractivity contribution in [2.75, 3.05) is 0 Å². The van der Waals surface area contributed by atoms with Crippen molar-refractivity contribution >= 4 is 41.8 Å². The van der Waals surface area contributed by atoms with Crippen LogP contribution in [0.1, 0.15) is 0 Å². The van der Waals surface area contributed by atoms with E-state index in [2.05, 4.69) is 36.9 Å². The number of hydrogen-bond acceptors (Lipinski definition) is 1. The van der Waals surface area contributed by atoms with Crippen LogP contribution in [0.5, 0.6) is 0 Å². The van der Waals surface area contributed by atoms with E-state index < -0.39 is 0 Å². The van der Waals surface area contributed by atoms with Crippen LogP contribution in [-0.4, -0.2) is 21.0 Å². The van der Waals surface area contributed by atoms with Crippen LogP contribution in [0.15, 0.2) is 18.3 Å². The van der Waals surface area contributed by atoms with Crippen LogP contribution in [0.4, 0.5) is 4.39 Å². The van der Waals surface area contributed by atoms with Crippen molar-refractivity contribution in [3.8, 4) is 0 Å². The van der Waals surface area contributed by atoms with Gasteiger partial charge in [0.1, 0.15) is 5.82 Å². The van der Waals surface area contributed by atoms with Crippen LogP contribution in [-0.2, 0) is 0 Å². The predicted octanol–water partition coefficient (Wildman–Crippen LogP) is 2.33. The van der Waals surface area contributed by atoms with Gasteiger partial charge in [-0.05, 0) is 12.1 Å². The lowest BCUT2D eigenvalue weighted by atomic mass is 10.5. The maximum Gasteiger partial charge on any atom is 0.560 e. The Bertz CT molecular complexity index is 161. The fourth-order valence-electron chi connectivity index (χ4n) is 0.302. The number of rotatable bonds is 0. The SMILES string of the molecule is Fc1cc[c]nc1.[Br][Mg][Br]. The predicted molar refractivity (Wildman–Crippen MR) is 46.6 cm³/mol. The molecule has 0 spiro atoms. The van der Waals surface area contributed by atoms with E-state index in [4.69, 9.17) is 0 Å². The van der Waals surface area contributed by atoms with E-state index in [1.807, 2.05) is 0 Å². The van der Waals surface area contributed by atoms with Crippen LogP contribution in [0, 0.1) is 12.0 Å². The summed E-state index contributed by atoms with van der Waals surface area (Å²) in [5.41, 5.74) is 0. The molecule has 1 heterocycles. The molecule has 0 aromatic carbocycles. The van der Waals surface area contributed by atoms with Crippen LogP contribution < -0.4 is 0 Å². The summed E-state index contributed by atoms with van der Waals surface area (Å²) in [4.78, 5) is 3.38. The molecule has 51 valence electrons. The first kappa shape index (κ1) is 10.8. The van der Waals surface area contributed by atoms with E-state index in [1.165, 1.54) is 12.1 Å². The summed E-state index contributed by atoms with van der Waals surface area (Å²) in [5.74, 6) is -0.321. The number of nitrogens with zero attached hydrogens (tertiary/aromatic N) is 1. The summed E-state index contributed by atoms with van der Waals surface area (Å²) in [6, 6.07) is 2.72. The molecule has 0 bridgehead atoms. The minimum atomic E-state index is -0.321.